The number of rotatable bonds is 5. The van der Waals surface area contributed by atoms with Crippen LogP contribution in [0.25, 0.3) is 0 Å². The summed E-state index contributed by atoms with van der Waals surface area (Å²) in [5.41, 5.74) is 0. The van der Waals surface area contributed by atoms with E-state index in [4.69, 9.17) is 5.11 Å². The van der Waals surface area contributed by atoms with Crippen molar-refractivity contribution < 1.29 is 5.11 Å². The van der Waals surface area contributed by atoms with Crippen molar-refractivity contribution in [2.45, 2.75) is 33.2 Å². The SMILES string of the molecule is Cc1nccc(N(CCCO)C(C)C)n1. The second kappa shape index (κ2) is 5.66. The zero-order chi connectivity index (χ0) is 11.3. The minimum absolute atomic E-state index is 0.216. The fourth-order valence-electron chi connectivity index (χ4n) is 1.48. The van der Waals surface area contributed by atoms with Gasteiger partial charge < -0.3 is 10.0 Å². The Balaban J connectivity index is 2.79. The van der Waals surface area contributed by atoms with Gasteiger partial charge in [-0.25, -0.2) is 9.97 Å². The molecule has 1 N–H and O–H groups in total. The minimum Gasteiger partial charge on any atom is -0.396 e. The highest BCUT2D eigenvalue weighted by Gasteiger charge is 2.11. The number of aromatic nitrogens is 2. The van der Waals surface area contributed by atoms with Crippen LogP contribution in [0.2, 0.25) is 0 Å². The fourth-order valence-corrected chi connectivity index (χ4v) is 1.48. The van der Waals surface area contributed by atoms with Crippen molar-refractivity contribution in [1.29, 1.82) is 0 Å². The first-order valence-corrected chi connectivity index (χ1v) is 5.32. The summed E-state index contributed by atoms with van der Waals surface area (Å²) in [6.45, 7) is 7.16. The molecule has 0 spiro atoms. The summed E-state index contributed by atoms with van der Waals surface area (Å²) in [5.74, 6) is 1.72. The molecule has 0 atom stereocenters. The van der Waals surface area contributed by atoms with Crippen molar-refractivity contribution in [1.82, 2.24) is 9.97 Å². The predicted octanol–water partition coefficient (Wildman–Crippen LogP) is 1.38. The third kappa shape index (κ3) is 3.47. The molecular weight excluding hydrogens is 190 g/mol. The van der Waals surface area contributed by atoms with Crippen molar-refractivity contribution in [2.75, 3.05) is 18.1 Å². The van der Waals surface area contributed by atoms with E-state index in [0.717, 1.165) is 24.6 Å². The quantitative estimate of drug-likeness (QED) is 0.796. The van der Waals surface area contributed by atoms with Gasteiger partial charge in [0.25, 0.3) is 0 Å². The lowest BCUT2D eigenvalue weighted by Gasteiger charge is -2.27. The van der Waals surface area contributed by atoms with Crippen LogP contribution < -0.4 is 4.90 Å². The fraction of sp³-hybridized carbons (Fsp3) is 0.636. The van der Waals surface area contributed by atoms with Crippen LogP contribution >= 0.6 is 0 Å². The number of aliphatic hydroxyl groups is 1. The smallest absolute Gasteiger partial charge is 0.132 e. The lowest BCUT2D eigenvalue weighted by atomic mass is 10.3. The van der Waals surface area contributed by atoms with Crippen LogP contribution in [-0.4, -0.2) is 34.3 Å². The molecule has 84 valence electrons. The molecule has 4 nitrogen and oxygen atoms in total. The van der Waals surface area contributed by atoms with E-state index < -0.39 is 0 Å². The van der Waals surface area contributed by atoms with E-state index in [9.17, 15) is 0 Å². The monoisotopic (exact) mass is 209 g/mol. The Labute approximate surface area is 91.0 Å². The van der Waals surface area contributed by atoms with Gasteiger partial charge in [0.2, 0.25) is 0 Å². The van der Waals surface area contributed by atoms with E-state index in [-0.39, 0.29) is 6.61 Å². The summed E-state index contributed by atoms with van der Waals surface area (Å²) in [7, 11) is 0. The molecule has 0 aliphatic carbocycles. The van der Waals surface area contributed by atoms with Crippen LogP contribution in [-0.2, 0) is 0 Å². The topological polar surface area (TPSA) is 49.2 Å². The number of aryl methyl sites for hydroxylation is 1. The van der Waals surface area contributed by atoms with E-state index in [2.05, 4.69) is 28.7 Å². The van der Waals surface area contributed by atoms with Crippen molar-refractivity contribution in [3.05, 3.63) is 18.1 Å². The average Bonchev–Trinajstić information content (AvgIpc) is 2.18. The molecular formula is C11H19N3O. The molecule has 1 heterocycles. The maximum Gasteiger partial charge on any atom is 0.132 e. The van der Waals surface area contributed by atoms with Gasteiger partial charge in [0.05, 0.1) is 0 Å². The summed E-state index contributed by atoms with van der Waals surface area (Å²) in [4.78, 5) is 10.6. The summed E-state index contributed by atoms with van der Waals surface area (Å²) >= 11 is 0. The van der Waals surface area contributed by atoms with Gasteiger partial charge in [-0.3, -0.25) is 0 Å². The summed E-state index contributed by atoms with van der Waals surface area (Å²) < 4.78 is 0. The highest BCUT2D eigenvalue weighted by atomic mass is 16.3. The van der Waals surface area contributed by atoms with Gasteiger partial charge in [-0.05, 0) is 33.3 Å². The Hall–Kier alpha value is -1.16. The van der Waals surface area contributed by atoms with E-state index >= 15 is 0 Å². The van der Waals surface area contributed by atoms with E-state index in [1.807, 2.05) is 13.0 Å². The normalized spacial score (nSPS) is 10.7. The predicted molar refractivity (Wildman–Crippen MR) is 61.0 cm³/mol. The maximum atomic E-state index is 8.84. The van der Waals surface area contributed by atoms with Gasteiger partial charge in [0.15, 0.2) is 0 Å². The molecule has 0 radical (unpaired) electrons. The van der Waals surface area contributed by atoms with E-state index in [0.29, 0.717) is 6.04 Å². The van der Waals surface area contributed by atoms with Crippen molar-refractivity contribution in [3.8, 4) is 0 Å². The van der Waals surface area contributed by atoms with E-state index in [1.54, 1.807) is 6.20 Å². The van der Waals surface area contributed by atoms with Crippen molar-refractivity contribution in [3.63, 3.8) is 0 Å². The molecule has 0 fully saturated rings. The molecule has 0 amide bonds. The Morgan fingerprint density at radius 1 is 1.47 bits per heavy atom. The highest BCUT2D eigenvalue weighted by Crippen LogP contribution is 2.13. The minimum atomic E-state index is 0.216. The van der Waals surface area contributed by atoms with Gasteiger partial charge in [-0.15, -0.1) is 0 Å². The Morgan fingerprint density at radius 3 is 2.73 bits per heavy atom. The van der Waals surface area contributed by atoms with Crippen LogP contribution in [0.5, 0.6) is 0 Å². The van der Waals surface area contributed by atoms with Crippen LogP contribution in [0, 0.1) is 6.92 Å². The molecule has 0 aromatic carbocycles. The van der Waals surface area contributed by atoms with Crippen LogP contribution in [0.4, 0.5) is 5.82 Å². The van der Waals surface area contributed by atoms with Crippen LogP contribution in [0.15, 0.2) is 12.3 Å². The molecule has 0 bridgehead atoms. The molecule has 0 unspecified atom stereocenters. The zero-order valence-corrected chi connectivity index (χ0v) is 9.64. The number of aliphatic hydroxyl groups excluding tert-OH is 1. The molecule has 15 heavy (non-hydrogen) atoms. The number of anilines is 1. The van der Waals surface area contributed by atoms with Crippen LogP contribution in [0.1, 0.15) is 26.1 Å². The van der Waals surface area contributed by atoms with Crippen molar-refractivity contribution >= 4 is 5.82 Å². The number of hydrogen-bond donors (Lipinski definition) is 1. The van der Waals surface area contributed by atoms with Gasteiger partial charge in [0.1, 0.15) is 11.6 Å². The molecule has 4 heteroatoms. The molecule has 0 aliphatic rings. The lowest BCUT2D eigenvalue weighted by molar-refractivity contribution is 0.288. The zero-order valence-electron chi connectivity index (χ0n) is 9.64. The Morgan fingerprint density at radius 2 is 2.20 bits per heavy atom. The first kappa shape index (κ1) is 11.9. The second-order valence-corrected chi connectivity index (χ2v) is 3.83. The Kier molecular flexibility index (Phi) is 4.49. The maximum absolute atomic E-state index is 8.84. The number of nitrogens with zero attached hydrogens (tertiary/aromatic N) is 3. The summed E-state index contributed by atoms with van der Waals surface area (Å²) in [6.07, 6.45) is 2.53. The Bertz CT molecular complexity index is 302. The van der Waals surface area contributed by atoms with Gasteiger partial charge >= 0.3 is 0 Å². The third-order valence-electron chi connectivity index (χ3n) is 2.24. The first-order chi connectivity index (χ1) is 7.15. The highest BCUT2D eigenvalue weighted by molar-refractivity contribution is 5.38. The molecule has 1 aromatic heterocycles. The molecule has 1 aromatic rings. The standard InChI is InChI=1S/C11H19N3O/c1-9(2)14(7-4-8-15)11-5-6-12-10(3)13-11/h5-6,9,15H,4,7-8H2,1-3H3. The van der Waals surface area contributed by atoms with Gasteiger partial charge in [-0.2, -0.15) is 0 Å². The van der Waals surface area contributed by atoms with Crippen LogP contribution in [0.3, 0.4) is 0 Å². The van der Waals surface area contributed by atoms with Crippen molar-refractivity contribution in [2.24, 2.45) is 0 Å². The largest absolute Gasteiger partial charge is 0.396 e. The molecule has 0 saturated carbocycles. The third-order valence-corrected chi connectivity index (χ3v) is 2.24. The summed E-state index contributed by atoms with van der Waals surface area (Å²) in [6, 6.07) is 2.29. The molecule has 0 aliphatic heterocycles. The average molecular weight is 209 g/mol. The number of hydrogen-bond acceptors (Lipinski definition) is 4. The van der Waals surface area contributed by atoms with E-state index in [1.165, 1.54) is 0 Å². The molecule has 1 rings (SSSR count). The lowest BCUT2D eigenvalue weighted by Crippen LogP contribution is -2.33. The van der Waals surface area contributed by atoms with Gasteiger partial charge in [-0.1, -0.05) is 0 Å². The van der Waals surface area contributed by atoms with Gasteiger partial charge in [0, 0.05) is 25.4 Å². The molecule has 0 saturated heterocycles. The first-order valence-electron chi connectivity index (χ1n) is 5.32. The summed E-state index contributed by atoms with van der Waals surface area (Å²) in [5, 5.41) is 8.84. The second-order valence-electron chi connectivity index (χ2n) is 3.83.